The molecule has 1 aromatic carbocycles. The van der Waals surface area contributed by atoms with Crippen LogP contribution in [-0.4, -0.2) is 32.4 Å². The van der Waals surface area contributed by atoms with Crippen molar-refractivity contribution in [1.29, 1.82) is 0 Å². The van der Waals surface area contributed by atoms with Crippen molar-refractivity contribution in [2.24, 2.45) is 0 Å². The average molecular weight is 306 g/mol. The lowest BCUT2D eigenvalue weighted by Gasteiger charge is -2.12. The summed E-state index contributed by atoms with van der Waals surface area (Å²) in [6.07, 6.45) is 0. The van der Waals surface area contributed by atoms with Crippen LogP contribution < -0.4 is 10.1 Å². The van der Waals surface area contributed by atoms with Gasteiger partial charge in [-0.25, -0.2) is 0 Å². The van der Waals surface area contributed by atoms with Crippen molar-refractivity contribution in [2.45, 2.75) is 26.8 Å². The van der Waals surface area contributed by atoms with Gasteiger partial charge >= 0.3 is 0 Å². The van der Waals surface area contributed by atoms with Crippen LogP contribution in [0.1, 0.15) is 19.4 Å². The second kappa shape index (κ2) is 8.64. The van der Waals surface area contributed by atoms with Crippen molar-refractivity contribution in [1.82, 2.24) is 5.32 Å². The summed E-state index contributed by atoms with van der Waals surface area (Å²) in [5.41, 5.74) is 1.01. The number of benzene rings is 1. The van der Waals surface area contributed by atoms with E-state index in [1.165, 1.54) is 0 Å². The molecule has 0 aliphatic rings. The molecule has 19 heavy (non-hydrogen) atoms. The molecule has 0 aromatic heterocycles. The van der Waals surface area contributed by atoms with Gasteiger partial charge in [-0.05, 0) is 24.6 Å². The fourth-order valence-electron chi connectivity index (χ4n) is 1.55. The van der Waals surface area contributed by atoms with Gasteiger partial charge in [0, 0.05) is 12.6 Å². The Labute approximate surface area is 125 Å². The van der Waals surface area contributed by atoms with E-state index in [1.807, 2.05) is 19.1 Å². The highest BCUT2D eigenvalue weighted by Crippen LogP contribution is 2.33. The first-order valence-electron chi connectivity index (χ1n) is 6.40. The molecule has 0 saturated heterocycles. The number of aryl methyl sites for hydroxylation is 1. The Balaban J connectivity index is 2.23. The summed E-state index contributed by atoms with van der Waals surface area (Å²) in [4.78, 5) is 0. The van der Waals surface area contributed by atoms with E-state index >= 15 is 0 Å². The van der Waals surface area contributed by atoms with Gasteiger partial charge in [0.25, 0.3) is 0 Å². The highest BCUT2D eigenvalue weighted by Gasteiger charge is 2.08. The summed E-state index contributed by atoms with van der Waals surface area (Å²) in [7, 11) is 0. The number of hydrogen-bond acceptors (Lipinski definition) is 3. The van der Waals surface area contributed by atoms with E-state index in [-0.39, 0.29) is 0 Å². The standard InChI is InChI=1S/C14H21Cl2NO2/c1-10(2)17-4-5-18-6-7-19-14-12(15)8-11(3)9-13(14)16/h8-10,17H,4-7H2,1-3H3. The first kappa shape index (κ1) is 16.6. The molecule has 5 heteroatoms. The summed E-state index contributed by atoms with van der Waals surface area (Å²) in [6, 6.07) is 4.14. The quantitative estimate of drug-likeness (QED) is 0.743. The summed E-state index contributed by atoms with van der Waals surface area (Å²) < 4.78 is 11.0. The Morgan fingerprint density at radius 1 is 1.11 bits per heavy atom. The van der Waals surface area contributed by atoms with Gasteiger partial charge in [0.1, 0.15) is 6.61 Å². The Bertz CT molecular complexity index is 374. The molecule has 0 saturated carbocycles. The van der Waals surface area contributed by atoms with Crippen molar-refractivity contribution >= 4 is 23.2 Å². The van der Waals surface area contributed by atoms with Crippen LogP contribution in [0.25, 0.3) is 0 Å². The van der Waals surface area contributed by atoms with Crippen LogP contribution in [0, 0.1) is 6.92 Å². The van der Waals surface area contributed by atoms with Crippen LogP contribution in [0.15, 0.2) is 12.1 Å². The Kier molecular flexibility index (Phi) is 7.54. The molecule has 0 fully saturated rings. The highest BCUT2D eigenvalue weighted by molar-refractivity contribution is 6.37. The van der Waals surface area contributed by atoms with Crippen molar-refractivity contribution in [3.05, 3.63) is 27.7 Å². The van der Waals surface area contributed by atoms with Gasteiger partial charge in [0.2, 0.25) is 0 Å². The lowest BCUT2D eigenvalue weighted by Crippen LogP contribution is -2.27. The Hall–Kier alpha value is -0.480. The minimum atomic E-state index is 0.435. The van der Waals surface area contributed by atoms with Gasteiger partial charge < -0.3 is 14.8 Å². The normalized spacial score (nSPS) is 11.1. The summed E-state index contributed by atoms with van der Waals surface area (Å²) in [6.45, 7) is 8.59. The molecule has 1 N–H and O–H groups in total. The van der Waals surface area contributed by atoms with Crippen molar-refractivity contribution in [3.8, 4) is 5.75 Å². The van der Waals surface area contributed by atoms with E-state index in [2.05, 4.69) is 19.2 Å². The van der Waals surface area contributed by atoms with E-state index in [1.54, 1.807) is 0 Å². The van der Waals surface area contributed by atoms with E-state index in [0.717, 1.165) is 12.1 Å². The maximum Gasteiger partial charge on any atom is 0.156 e. The van der Waals surface area contributed by atoms with Crippen molar-refractivity contribution in [3.63, 3.8) is 0 Å². The SMILES string of the molecule is Cc1cc(Cl)c(OCCOCCNC(C)C)c(Cl)c1. The second-order valence-corrected chi connectivity index (χ2v) is 5.44. The zero-order valence-electron chi connectivity index (χ0n) is 11.6. The molecular weight excluding hydrogens is 285 g/mol. The van der Waals surface area contributed by atoms with E-state index in [9.17, 15) is 0 Å². The first-order chi connectivity index (χ1) is 9.00. The van der Waals surface area contributed by atoms with E-state index in [4.69, 9.17) is 32.7 Å². The molecule has 0 spiro atoms. The second-order valence-electron chi connectivity index (χ2n) is 4.63. The fraction of sp³-hybridized carbons (Fsp3) is 0.571. The molecule has 108 valence electrons. The van der Waals surface area contributed by atoms with Crippen molar-refractivity contribution < 1.29 is 9.47 Å². The minimum absolute atomic E-state index is 0.435. The first-order valence-corrected chi connectivity index (χ1v) is 7.16. The largest absolute Gasteiger partial charge is 0.488 e. The fourth-order valence-corrected chi connectivity index (χ4v) is 2.25. The molecule has 0 amide bonds. The van der Waals surface area contributed by atoms with Gasteiger partial charge in [0.15, 0.2) is 5.75 Å². The van der Waals surface area contributed by atoms with E-state index < -0.39 is 0 Å². The summed E-state index contributed by atoms with van der Waals surface area (Å²) in [5, 5.41) is 4.34. The molecule has 0 radical (unpaired) electrons. The van der Waals surface area contributed by atoms with Gasteiger partial charge in [-0.3, -0.25) is 0 Å². The molecule has 0 bridgehead atoms. The summed E-state index contributed by atoms with van der Waals surface area (Å²) >= 11 is 12.1. The highest BCUT2D eigenvalue weighted by atomic mass is 35.5. The molecular formula is C14H21Cl2NO2. The van der Waals surface area contributed by atoms with Crippen LogP contribution in [-0.2, 0) is 4.74 Å². The third kappa shape index (κ3) is 6.48. The third-order valence-corrected chi connectivity index (χ3v) is 2.98. The minimum Gasteiger partial charge on any atom is -0.488 e. The lowest BCUT2D eigenvalue weighted by atomic mass is 10.2. The molecule has 0 heterocycles. The van der Waals surface area contributed by atoms with Crippen LogP contribution in [0.4, 0.5) is 0 Å². The number of ether oxygens (including phenoxy) is 2. The third-order valence-electron chi connectivity index (χ3n) is 2.42. The van der Waals surface area contributed by atoms with Gasteiger partial charge in [-0.15, -0.1) is 0 Å². The average Bonchev–Trinajstić information content (AvgIpc) is 2.30. The maximum atomic E-state index is 6.07. The zero-order valence-corrected chi connectivity index (χ0v) is 13.1. The monoisotopic (exact) mass is 305 g/mol. The predicted octanol–water partition coefficient (Wildman–Crippen LogP) is 3.70. The molecule has 0 unspecified atom stereocenters. The molecule has 0 aliphatic heterocycles. The van der Waals surface area contributed by atoms with Crippen LogP contribution in [0.3, 0.4) is 0 Å². The van der Waals surface area contributed by atoms with Gasteiger partial charge in [-0.2, -0.15) is 0 Å². The zero-order chi connectivity index (χ0) is 14.3. The van der Waals surface area contributed by atoms with Crippen LogP contribution >= 0.6 is 23.2 Å². The molecule has 1 rings (SSSR count). The number of nitrogens with one attached hydrogen (secondary N) is 1. The summed E-state index contributed by atoms with van der Waals surface area (Å²) in [5.74, 6) is 0.526. The number of rotatable bonds is 8. The molecule has 3 nitrogen and oxygen atoms in total. The number of hydrogen-bond donors (Lipinski definition) is 1. The van der Waals surface area contributed by atoms with Crippen LogP contribution in [0.5, 0.6) is 5.75 Å². The van der Waals surface area contributed by atoms with E-state index in [0.29, 0.717) is 41.7 Å². The lowest BCUT2D eigenvalue weighted by molar-refractivity contribution is 0.101. The topological polar surface area (TPSA) is 30.5 Å². The van der Waals surface area contributed by atoms with Crippen molar-refractivity contribution in [2.75, 3.05) is 26.4 Å². The smallest absolute Gasteiger partial charge is 0.156 e. The predicted molar refractivity (Wildman–Crippen MR) is 80.7 cm³/mol. The molecule has 0 atom stereocenters. The molecule has 1 aromatic rings. The Morgan fingerprint density at radius 2 is 1.74 bits per heavy atom. The van der Waals surface area contributed by atoms with Gasteiger partial charge in [0.05, 0.1) is 23.3 Å². The Morgan fingerprint density at radius 3 is 2.32 bits per heavy atom. The number of halogens is 2. The van der Waals surface area contributed by atoms with Gasteiger partial charge in [-0.1, -0.05) is 37.0 Å². The maximum absolute atomic E-state index is 6.07. The molecule has 0 aliphatic carbocycles. The van der Waals surface area contributed by atoms with Crippen LogP contribution in [0.2, 0.25) is 10.0 Å².